The van der Waals surface area contributed by atoms with Gasteiger partial charge in [-0.3, -0.25) is 0 Å². The fourth-order valence-electron chi connectivity index (χ4n) is 0.897. The first-order chi connectivity index (χ1) is 6.26. The Labute approximate surface area is 81.5 Å². The number of rotatable bonds is 5. The van der Waals surface area contributed by atoms with Crippen molar-refractivity contribution in [2.24, 2.45) is 5.73 Å². The fourth-order valence-corrected chi connectivity index (χ4v) is 1.48. The van der Waals surface area contributed by atoms with Crippen molar-refractivity contribution in [2.45, 2.75) is 19.5 Å². The normalized spacial score (nSPS) is 12.8. The van der Waals surface area contributed by atoms with Crippen LogP contribution in [0.25, 0.3) is 0 Å². The zero-order chi connectivity index (χ0) is 9.68. The first kappa shape index (κ1) is 10.3. The Morgan fingerprint density at radius 3 is 2.92 bits per heavy atom. The summed E-state index contributed by atoms with van der Waals surface area (Å²) in [5.74, 6) is 1.46. The van der Waals surface area contributed by atoms with Gasteiger partial charge in [-0.25, -0.2) is 0 Å². The minimum absolute atomic E-state index is 0.283. The van der Waals surface area contributed by atoms with Crippen LogP contribution in [0.1, 0.15) is 12.8 Å². The first-order valence-corrected chi connectivity index (χ1v) is 5.43. The highest BCUT2D eigenvalue weighted by molar-refractivity contribution is 7.98. The van der Waals surface area contributed by atoms with E-state index >= 15 is 0 Å². The molecule has 0 aromatic carbocycles. The van der Waals surface area contributed by atoms with Crippen molar-refractivity contribution >= 4 is 17.8 Å². The maximum Gasteiger partial charge on any atom is 0.315 e. The van der Waals surface area contributed by atoms with Crippen LogP contribution in [0.15, 0.2) is 4.42 Å². The molecule has 0 bridgehead atoms. The predicted molar refractivity (Wildman–Crippen MR) is 53.7 cm³/mol. The van der Waals surface area contributed by atoms with E-state index in [1.807, 2.05) is 0 Å². The fraction of sp³-hybridized carbons (Fsp3) is 0.714. The Morgan fingerprint density at radius 2 is 2.38 bits per heavy atom. The van der Waals surface area contributed by atoms with E-state index < -0.39 is 0 Å². The molecule has 0 saturated heterocycles. The van der Waals surface area contributed by atoms with Gasteiger partial charge in [0.05, 0.1) is 6.54 Å². The van der Waals surface area contributed by atoms with Gasteiger partial charge in [0.15, 0.2) is 0 Å². The highest BCUT2D eigenvalue weighted by Crippen LogP contribution is 2.08. The predicted octanol–water partition coefficient (Wildman–Crippen LogP) is 0.692. The summed E-state index contributed by atoms with van der Waals surface area (Å²) in [6.07, 6.45) is 2.05. The molecule has 0 saturated carbocycles. The SMILES string of the molecule is CSCC(C)Nc1nnc(CN)o1. The number of hydrogen-bond acceptors (Lipinski definition) is 6. The van der Waals surface area contributed by atoms with Crippen LogP contribution in [0.4, 0.5) is 6.01 Å². The lowest BCUT2D eigenvalue weighted by Gasteiger charge is -2.08. The van der Waals surface area contributed by atoms with E-state index in [1.165, 1.54) is 0 Å². The third kappa shape index (κ3) is 3.23. The molecule has 0 aliphatic rings. The number of nitrogens with two attached hydrogens (primary N) is 1. The van der Waals surface area contributed by atoms with Crippen molar-refractivity contribution in [2.75, 3.05) is 17.3 Å². The molecule has 0 radical (unpaired) electrons. The second kappa shape index (κ2) is 5.08. The minimum Gasteiger partial charge on any atom is -0.407 e. The van der Waals surface area contributed by atoms with Crippen LogP contribution in [-0.4, -0.2) is 28.2 Å². The molecule has 0 aliphatic heterocycles. The molecule has 0 spiro atoms. The van der Waals surface area contributed by atoms with Crippen molar-refractivity contribution in [1.82, 2.24) is 10.2 Å². The van der Waals surface area contributed by atoms with Gasteiger partial charge in [-0.05, 0) is 13.2 Å². The van der Waals surface area contributed by atoms with E-state index in [0.717, 1.165) is 5.75 Å². The van der Waals surface area contributed by atoms with Crippen LogP contribution in [0.3, 0.4) is 0 Å². The summed E-state index contributed by atoms with van der Waals surface area (Å²) in [6, 6.07) is 0.767. The molecule has 1 aromatic heterocycles. The molecule has 0 aliphatic carbocycles. The molecule has 1 aromatic rings. The van der Waals surface area contributed by atoms with Gasteiger partial charge >= 0.3 is 6.01 Å². The summed E-state index contributed by atoms with van der Waals surface area (Å²) < 4.78 is 5.18. The van der Waals surface area contributed by atoms with E-state index in [1.54, 1.807) is 11.8 Å². The topological polar surface area (TPSA) is 77.0 Å². The van der Waals surface area contributed by atoms with Crippen LogP contribution in [0.2, 0.25) is 0 Å². The lowest BCUT2D eigenvalue weighted by atomic mass is 10.4. The highest BCUT2D eigenvalue weighted by Gasteiger charge is 2.06. The van der Waals surface area contributed by atoms with Gasteiger partial charge in [-0.15, -0.1) is 5.10 Å². The summed E-state index contributed by atoms with van der Waals surface area (Å²) in [4.78, 5) is 0. The van der Waals surface area contributed by atoms with Gasteiger partial charge in [0.2, 0.25) is 5.89 Å². The van der Waals surface area contributed by atoms with Gasteiger partial charge in [-0.2, -0.15) is 11.8 Å². The van der Waals surface area contributed by atoms with Crippen LogP contribution in [-0.2, 0) is 6.54 Å². The highest BCUT2D eigenvalue weighted by atomic mass is 32.2. The number of hydrogen-bond donors (Lipinski definition) is 2. The van der Waals surface area contributed by atoms with E-state index in [0.29, 0.717) is 17.9 Å². The molecule has 0 fully saturated rings. The Bertz CT molecular complexity index is 252. The molecule has 3 N–H and O–H groups in total. The molecule has 1 rings (SSSR count). The Balaban J connectivity index is 2.44. The van der Waals surface area contributed by atoms with Crippen molar-refractivity contribution in [1.29, 1.82) is 0 Å². The summed E-state index contributed by atoms with van der Waals surface area (Å²) >= 11 is 1.76. The average molecular weight is 202 g/mol. The molecule has 6 heteroatoms. The molecule has 0 amide bonds. The largest absolute Gasteiger partial charge is 0.407 e. The zero-order valence-corrected chi connectivity index (χ0v) is 8.60. The molecule has 74 valence electrons. The quantitative estimate of drug-likeness (QED) is 0.731. The molecular formula is C7H14N4OS. The maximum atomic E-state index is 5.32. The van der Waals surface area contributed by atoms with Gasteiger partial charge in [0.1, 0.15) is 0 Å². The minimum atomic E-state index is 0.283. The van der Waals surface area contributed by atoms with Crippen LogP contribution in [0.5, 0.6) is 0 Å². The number of nitrogens with zero attached hydrogens (tertiary/aromatic N) is 2. The number of aromatic nitrogens is 2. The standard InChI is InChI=1S/C7H14N4OS/c1-5(4-13-2)9-7-11-10-6(3-8)12-7/h5H,3-4,8H2,1-2H3,(H,9,11). The van der Waals surface area contributed by atoms with E-state index in [9.17, 15) is 0 Å². The van der Waals surface area contributed by atoms with Gasteiger partial charge in [-0.1, -0.05) is 5.10 Å². The lowest BCUT2D eigenvalue weighted by molar-refractivity contribution is 0.504. The number of thioether (sulfide) groups is 1. The third-order valence-electron chi connectivity index (χ3n) is 1.43. The molecule has 1 atom stereocenters. The van der Waals surface area contributed by atoms with E-state index in [4.69, 9.17) is 10.2 Å². The van der Waals surface area contributed by atoms with Crippen LogP contribution < -0.4 is 11.1 Å². The lowest BCUT2D eigenvalue weighted by Crippen LogP contribution is -2.17. The smallest absolute Gasteiger partial charge is 0.315 e. The van der Waals surface area contributed by atoms with Crippen LogP contribution >= 0.6 is 11.8 Å². The van der Waals surface area contributed by atoms with Crippen molar-refractivity contribution in [3.05, 3.63) is 5.89 Å². The molecule has 1 heterocycles. The summed E-state index contributed by atoms with van der Waals surface area (Å²) in [6.45, 7) is 2.34. The second-order valence-electron chi connectivity index (χ2n) is 2.71. The van der Waals surface area contributed by atoms with Crippen molar-refractivity contribution in [3.8, 4) is 0 Å². The van der Waals surface area contributed by atoms with E-state index in [2.05, 4.69) is 28.7 Å². The molecule has 5 nitrogen and oxygen atoms in total. The van der Waals surface area contributed by atoms with Crippen molar-refractivity contribution < 1.29 is 4.42 Å². The summed E-state index contributed by atoms with van der Waals surface area (Å²) in [5.41, 5.74) is 5.32. The molecular weight excluding hydrogens is 188 g/mol. The van der Waals surface area contributed by atoms with Gasteiger partial charge in [0, 0.05) is 11.8 Å². The Hall–Kier alpha value is -0.750. The Kier molecular flexibility index (Phi) is 4.04. The molecule has 1 unspecified atom stereocenters. The third-order valence-corrected chi connectivity index (χ3v) is 2.26. The number of nitrogens with one attached hydrogen (secondary N) is 1. The molecule has 13 heavy (non-hydrogen) atoms. The monoisotopic (exact) mass is 202 g/mol. The zero-order valence-electron chi connectivity index (χ0n) is 7.78. The Morgan fingerprint density at radius 1 is 1.62 bits per heavy atom. The number of anilines is 1. The van der Waals surface area contributed by atoms with E-state index in [-0.39, 0.29) is 6.54 Å². The maximum absolute atomic E-state index is 5.32. The second-order valence-corrected chi connectivity index (χ2v) is 3.62. The van der Waals surface area contributed by atoms with Crippen molar-refractivity contribution in [3.63, 3.8) is 0 Å². The first-order valence-electron chi connectivity index (χ1n) is 4.04. The summed E-state index contributed by atoms with van der Waals surface area (Å²) in [5, 5.41) is 10.6. The van der Waals surface area contributed by atoms with Gasteiger partial charge < -0.3 is 15.5 Å². The van der Waals surface area contributed by atoms with Crippen LogP contribution in [0, 0.1) is 0 Å². The summed E-state index contributed by atoms with van der Waals surface area (Å²) in [7, 11) is 0. The van der Waals surface area contributed by atoms with Gasteiger partial charge in [0.25, 0.3) is 0 Å². The average Bonchev–Trinajstić information content (AvgIpc) is 2.52.